The van der Waals surface area contributed by atoms with Crippen LogP contribution in [-0.4, -0.2) is 13.1 Å². The smallest absolute Gasteiger partial charge is 0.353 e. The molecule has 0 aromatic carbocycles. The number of carbonyl (C=O) groups is 1. The number of hydrogen-bond donors (Lipinski definition) is 1. The van der Waals surface area contributed by atoms with Crippen molar-refractivity contribution in [2.24, 2.45) is 5.73 Å². The van der Waals surface area contributed by atoms with E-state index in [4.69, 9.17) is 5.73 Å². The van der Waals surface area contributed by atoms with Crippen LogP contribution in [0.25, 0.3) is 0 Å². The number of nitrogens with two attached hydrogens (primary N) is 1. The number of hydrogen-bond acceptors (Lipinski definition) is 3. The van der Waals surface area contributed by atoms with Crippen LogP contribution in [0, 0.1) is 0 Å². The molecule has 3 nitrogen and oxygen atoms in total. The summed E-state index contributed by atoms with van der Waals surface area (Å²) < 4.78 is 4.15. The summed E-state index contributed by atoms with van der Waals surface area (Å²) >= 11 is 0. The summed E-state index contributed by atoms with van der Waals surface area (Å²) in [5.41, 5.74) is 4.81. The van der Waals surface area contributed by atoms with Crippen LogP contribution in [0.4, 0.5) is 0 Å². The summed E-state index contributed by atoms with van der Waals surface area (Å²) in [5, 5.41) is 0. The third kappa shape index (κ3) is 3.49. The van der Waals surface area contributed by atoms with Crippen molar-refractivity contribution < 1.29 is 9.53 Å². The van der Waals surface area contributed by atoms with Gasteiger partial charge in [0.25, 0.3) is 0 Å². The van der Waals surface area contributed by atoms with E-state index >= 15 is 0 Å². The third-order valence-corrected chi connectivity index (χ3v) is 0.448. The molecule has 0 heterocycles. The van der Waals surface area contributed by atoms with Crippen molar-refractivity contribution in [2.75, 3.05) is 7.11 Å². The second kappa shape index (κ2) is 4.46. The topological polar surface area (TPSA) is 52.3 Å². The summed E-state index contributed by atoms with van der Waals surface area (Å²) in [6.45, 7) is 3.13. The molecular weight excluding hydrogens is 130 g/mol. The normalized spacial score (nSPS) is 6.62. The Balaban J connectivity index is 0. The average molecular weight is 138 g/mol. The van der Waals surface area contributed by atoms with Gasteiger partial charge in [-0.2, -0.15) is 0 Å². The monoisotopic (exact) mass is 137 g/mol. The minimum absolute atomic E-state index is 0. The number of esters is 1. The predicted octanol–water partition coefficient (Wildman–Crippen LogP) is 0.0536. The molecule has 48 valence electrons. The predicted molar refractivity (Wildman–Crippen MR) is 32.6 cm³/mol. The van der Waals surface area contributed by atoms with E-state index in [2.05, 4.69) is 11.3 Å². The standard InChI is InChI=1S/C4H7NO2.ClH/c1-3(5)4(6)7-2;/h1,5H2,2H3;1H. The first-order chi connectivity index (χ1) is 3.18. The lowest BCUT2D eigenvalue weighted by Gasteiger charge is -1.91. The maximum Gasteiger partial charge on any atom is 0.353 e. The van der Waals surface area contributed by atoms with E-state index in [9.17, 15) is 4.79 Å². The van der Waals surface area contributed by atoms with Crippen LogP contribution in [0.3, 0.4) is 0 Å². The third-order valence-electron chi connectivity index (χ3n) is 0.448. The van der Waals surface area contributed by atoms with Crippen LogP contribution in [0.15, 0.2) is 12.3 Å². The molecule has 0 spiro atoms. The summed E-state index contributed by atoms with van der Waals surface area (Å²) in [5.74, 6) is -0.569. The van der Waals surface area contributed by atoms with Crippen molar-refractivity contribution >= 4 is 18.4 Å². The molecule has 0 aliphatic carbocycles. The van der Waals surface area contributed by atoms with Crippen molar-refractivity contribution in [1.82, 2.24) is 0 Å². The van der Waals surface area contributed by atoms with E-state index in [1.807, 2.05) is 0 Å². The molecule has 2 N–H and O–H groups in total. The first-order valence-corrected chi connectivity index (χ1v) is 1.71. The Morgan fingerprint density at radius 2 is 2.12 bits per heavy atom. The maximum atomic E-state index is 10.1. The molecular formula is C4H8ClNO2. The second-order valence-electron chi connectivity index (χ2n) is 1.02. The summed E-state index contributed by atoms with van der Waals surface area (Å²) in [4.78, 5) is 10.1. The van der Waals surface area contributed by atoms with Crippen LogP contribution in [0.2, 0.25) is 0 Å². The number of ether oxygens (including phenoxy) is 1. The number of methoxy groups -OCH3 is 1. The van der Waals surface area contributed by atoms with Gasteiger partial charge in [0.1, 0.15) is 5.70 Å². The van der Waals surface area contributed by atoms with Crippen LogP contribution < -0.4 is 5.73 Å². The molecule has 0 fully saturated rings. The zero-order valence-electron chi connectivity index (χ0n) is 4.51. The van der Waals surface area contributed by atoms with Crippen molar-refractivity contribution in [3.63, 3.8) is 0 Å². The molecule has 0 aromatic heterocycles. The van der Waals surface area contributed by atoms with Gasteiger partial charge in [0.05, 0.1) is 7.11 Å². The van der Waals surface area contributed by atoms with Crippen LogP contribution in [-0.2, 0) is 9.53 Å². The van der Waals surface area contributed by atoms with Gasteiger partial charge in [0.2, 0.25) is 0 Å². The van der Waals surface area contributed by atoms with Gasteiger partial charge in [0.15, 0.2) is 0 Å². The number of rotatable bonds is 1. The molecule has 0 rings (SSSR count). The molecule has 0 bridgehead atoms. The second-order valence-corrected chi connectivity index (χ2v) is 1.02. The Morgan fingerprint density at radius 3 is 2.12 bits per heavy atom. The minimum Gasteiger partial charge on any atom is -0.464 e. The molecule has 0 aliphatic rings. The maximum absolute atomic E-state index is 10.1. The van der Waals surface area contributed by atoms with E-state index in [0.717, 1.165) is 0 Å². The summed E-state index contributed by atoms with van der Waals surface area (Å²) in [6.07, 6.45) is 0. The first kappa shape index (κ1) is 10.3. The molecule has 0 atom stereocenters. The Bertz CT molecular complexity index is 102. The molecule has 0 radical (unpaired) electrons. The van der Waals surface area contributed by atoms with Gasteiger partial charge in [-0.15, -0.1) is 12.4 Å². The van der Waals surface area contributed by atoms with Crippen molar-refractivity contribution in [2.45, 2.75) is 0 Å². The molecule has 0 saturated carbocycles. The lowest BCUT2D eigenvalue weighted by atomic mass is 10.5. The first-order valence-electron chi connectivity index (χ1n) is 1.71. The van der Waals surface area contributed by atoms with Crippen molar-refractivity contribution in [1.29, 1.82) is 0 Å². The zero-order valence-corrected chi connectivity index (χ0v) is 5.33. The fourth-order valence-electron chi connectivity index (χ4n) is 0.131. The Kier molecular flexibility index (Phi) is 5.75. The fourth-order valence-corrected chi connectivity index (χ4v) is 0.131. The van der Waals surface area contributed by atoms with Crippen molar-refractivity contribution in [3.05, 3.63) is 12.3 Å². The van der Waals surface area contributed by atoms with Gasteiger partial charge in [-0.3, -0.25) is 0 Å². The quantitative estimate of drug-likeness (QED) is 0.411. The van der Waals surface area contributed by atoms with Crippen LogP contribution in [0.1, 0.15) is 0 Å². The molecule has 8 heavy (non-hydrogen) atoms. The van der Waals surface area contributed by atoms with E-state index in [1.54, 1.807) is 0 Å². The number of halogens is 1. The van der Waals surface area contributed by atoms with Crippen LogP contribution in [0.5, 0.6) is 0 Å². The lowest BCUT2D eigenvalue weighted by molar-refractivity contribution is -0.136. The van der Waals surface area contributed by atoms with Gasteiger partial charge in [0, 0.05) is 0 Å². The highest BCUT2D eigenvalue weighted by molar-refractivity contribution is 5.86. The molecule has 4 heteroatoms. The van der Waals surface area contributed by atoms with Gasteiger partial charge in [-0.05, 0) is 0 Å². The Morgan fingerprint density at radius 1 is 1.75 bits per heavy atom. The Hall–Kier alpha value is -0.700. The SMILES string of the molecule is C=C(N)C(=O)OC.Cl. The molecule has 0 aromatic rings. The van der Waals surface area contributed by atoms with Gasteiger partial charge in [-0.1, -0.05) is 6.58 Å². The minimum atomic E-state index is -0.569. The lowest BCUT2D eigenvalue weighted by Crippen LogP contribution is -2.10. The molecule has 0 aliphatic heterocycles. The highest BCUT2D eigenvalue weighted by Crippen LogP contribution is 1.78. The van der Waals surface area contributed by atoms with Crippen molar-refractivity contribution in [3.8, 4) is 0 Å². The average Bonchev–Trinajstić information content (AvgIpc) is 1.65. The molecule has 0 unspecified atom stereocenters. The van der Waals surface area contributed by atoms with E-state index in [1.165, 1.54) is 7.11 Å². The van der Waals surface area contributed by atoms with E-state index in [-0.39, 0.29) is 18.1 Å². The van der Waals surface area contributed by atoms with E-state index < -0.39 is 5.97 Å². The summed E-state index contributed by atoms with van der Waals surface area (Å²) in [7, 11) is 1.25. The summed E-state index contributed by atoms with van der Waals surface area (Å²) in [6, 6.07) is 0. The zero-order chi connectivity index (χ0) is 5.86. The highest BCUT2D eigenvalue weighted by atomic mass is 35.5. The number of carbonyl (C=O) groups excluding carboxylic acids is 1. The van der Waals surface area contributed by atoms with E-state index in [0.29, 0.717) is 0 Å². The van der Waals surface area contributed by atoms with Gasteiger partial charge in [-0.25, -0.2) is 4.79 Å². The molecule has 0 saturated heterocycles. The van der Waals surface area contributed by atoms with Gasteiger partial charge < -0.3 is 10.5 Å². The highest BCUT2D eigenvalue weighted by Gasteiger charge is 1.96. The largest absolute Gasteiger partial charge is 0.464 e. The fraction of sp³-hybridized carbons (Fsp3) is 0.250. The Labute approximate surface area is 53.9 Å². The molecule has 0 amide bonds. The van der Waals surface area contributed by atoms with Gasteiger partial charge >= 0.3 is 5.97 Å². The van der Waals surface area contributed by atoms with Crippen LogP contribution >= 0.6 is 12.4 Å².